The Balaban J connectivity index is 2.65. The van der Waals surface area contributed by atoms with E-state index in [4.69, 9.17) is 10.9 Å². The molecule has 7 nitrogen and oxygen atoms in total. The summed E-state index contributed by atoms with van der Waals surface area (Å²) in [6.07, 6.45) is 0. The van der Waals surface area contributed by atoms with Gasteiger partial charge in [0.15, 0.2) is 5.84 Å². The van der Waals surface area contributed by atoms with Gasteiger partial charge in [-0.1, -0.05) is 16.9 Å². The molecule has 1 heterocycles. The molecule has 1 aromatic rings. The van der Waals surface area contributed by atoms with E-state index in [1.807, 2.05) is 0 Å². The third-order valence-electron chi connectivity index (χ3n) is 1.40. The van der Waals surface area contributed by atoms with E-state index in [0.29, 0.717) is 5.16 Å². The summed E-state index contributed by atoms with van der Waals surface area (Å²) in [5.41, 5.74) is 5.38. The van der Waals surface area contributed by atoms with Gasteiger partial charge in [0.1, 0.15) is 0 Å². The van der Waals surface area contributed by atoms with Crippen molar-refractivity contribution in [3.63, 3.8) is 0 Å². The third-order valence-corrected chi connectivity index (χ3v) is 2.55. The van der Waals surface area contributed by atoms with E-state index >= 15 is 0 Å². The van der Waals surface area contributed by atoms with Crippen molar-refractivity contribution in [1.29, 1.82) is 0 Å². The van der Waals surface area contributed by atoms with Gasteiger partial charge in [-0.2, -0.15) is 0 Å². The molecule has 0 aliphatic carbocycles. The van der Waals surface area contributed by atoms with Crippen molar-refractivity contribution >= 4 is 17.6 Å². The smallest absolute Gasteiger partial charge is 0.209 e. The van der Waals surface area contributed by atoms with Crippen LogP contribution in [0, 0.1) is 0 Å². The lowest BCUT2D eigenvalue weighted by atomic mass is 10.4. The SMILES string of the molecule is CC(Sc1nnnn1C)C(N)=NO. The zero-order valence-electron chi connectivity index (χ0n) is 7.25. The number of thioether (sulfide) groups is 1. The average molecular weight is 202 g/mol. The van der Waals surface area contributed by atoms with Crippen LogP contribution in [0.15, 0.2) is 10.3 Å². The van der Waals surface area contributed by atoms with Crippen LogP contribution in [-0.4, -0.2) is 36.5 Å². The van der Waals surface area contributed by atoms with Gasteiger partial charge in [0.25, 0.3) is 0 Å². The molecule has 0 aliphatic rings. The Morgan fingerprint density at radius 1 is 1.77 bits per heavy atom. The summed E-state index contributed by atoms with van der Waals surface area (Å²) in [5, 5.41) is 22.6. The summed E-state index contributed by atoms with van der Waals surface area (Å²) in [6, 6.07) is 0. The Labute approximate surface area is 79.0 Å². The van der Waals surface area contributed by atoms with Crippen molar-refractivity contribution in [1.82, 2.24) is 20.2 Å². The van der Waals surface area contributed by atoms with Crippen molar-refractivity contribution < 1.29 is 5.21 Å². The fraction of sp³-hybridized carbons (Fsp3) is 0.600. The minimum atomic E-state index is -0.158. The first-order valence-corrected chi connectivity index (χ1v) is 4.39. The first-order valence-electron chi connectivity index (χ1n) is 3.51. The van der Waals surface area contributed by atoms with Crippen molar-refractivity contribution in [3.05, 3.63) is 0 Å². The summed E-state index contributed by atoms with van der Waals surface area (Å²) in [6.45, 7) is 1.80. The van der Waals surface area contributed by atoms with Crippen molar-refractivity contribution in [3.8, 4) is 0 Å². The van der Waals surface area contributed by atoms with Gasteiger partial charge in [-0.25, -0.2) is 4.68 Å². The van der Waals surface area contributed by atoms with Gasteiger partial charge in [-0.3, -0.25) is 0 Å². The van der Waals surface area contributed by atoms with Gasteiger partial charge in [0.05, 0.1) is 5.25 Å². The number of rotatable bonds is 3. The summed E-state index contributed by atoms with van der Waals surface area (Å²) in [7, 11) is 1.72. The van der Waals surface area contributed by atoms with Gasteiger partial charge < -0.3 is 10.9 Å². The Morgan fingerprint density at radius 3 is 2.92 bits per heavy atom. The molecule has 72 valence electrons. The second-order valence-electron chi connectivity index (χ2n) is 2.37. The van der Waals surface area contributed by atoms with E-state index in [2.05, 4.69) is 20.7 Å². The highest BCUT2D eigenvalue weighted by atomic mass is 32.2. The molecular weight excluding hydrogens is 192 g/mol. The first-order chi connectivity index (χ1) is 6.15. The molecule has 0 fully saturated rings. The van der Waals surface area contributed by atoms with Crippen LogP contribution in [0.2, 0.25) is 0 Å². The molecule has 3 N–H and O–H groups in total. The van der Waals surface area contributed by atoms with E-state index < -0.39 is 0 Å². The van der Waals surface area contributed by atoms with E-state index in [9.17, 15) is 0 Å². The van der Waals surface area contributed by atoms with Crippen LogP contribution in [0.25, 0.3) is 0 Å². The zero-order valence-corrected chi connectivity index (χ0v) is 8.06. The number of hydrogen-bond donors (Lipinski definition) is 2. The Morgan fingerprint density at radius 2 is 2.46 bits per heavy atom. The van der Waals surface area contributed by atoms with Crippen LogP contribution in [-0.2, 0) is 7.05 Å². The molecule has 1 aromatic heterocycles. The normalized spacial score (nSPS) is 14.5. The van der Waals surface area contributed by atoms with Crippen LogP contribution in [0.5, 0.6) is 0 Å². The largest absolute Gasteiger partial charge is 0.409 e. The summed E-state index contributed by atoms with van der Waals surface area (Å²) in [5.74, 6) is 0.146. The van der Waals surface area contributed by atoms with Crippen molar-refractivity contribution in [2.75, 3.05) is 0 Å². The molecule has 1 rings (SSSR count). The standard InChI is InChI=1S/C5H10N6OS/c1-3(4(6)8-12)13-5-7-9-10-11(5)2/h3,12H,1-2H3,(H2,6,8). The molecule has 0 saturated carbocycles. The highest BCUT2D eigenvalue weighted by molar-refractivity contribution is 8.00. The second kappa shape index (κ2) is 4.08. The fourth-order valence-corrected chi connectivity index (χ4v) is 1.38. The van der Waals surface area contributed by atoms with E-state index in [1.54, 1.807) is 14.0 Å². The fourth-order valence-electron chi connectivity index (χ4n) is 0.621. The number of nitrogens with zero attached hydrogens (tertiary/aromatic N) is 5. The lowest BCUT2D eigenvalue weighted by molar-refractivity contribution is 0.317. The minimum Gasteiger partial charge on any atom is -0.409 e. The monoisotopic (exact) mass is 202 g/mol. The maximum Gasteiger partial charge on any atom is 0.209 e. The molecule has 1 unspecified atom stereocenters. The van der Waals surface area contributed by atoms with E-state index in [1.165, 1.54) is 16.4 Å². The maximum absolute atomic E-state index is 8.39. The van der Waals surface area contributed by atoms with Crippen molar-refractivity contribution in [2.24, 2.45) is 17.9 Å². The van der Waals surface area contributed by atoms with Crippen LogP contribution < -0.4 is 5.73 Å². The number of aromatic nitrogens is 4. The number of amidine groups is 1. The molecule has 0 amide bonds. The van der Waals surface area contributed by atoms with Gasteiger partial charge in [-0.15, -0.1) is 5.10 Å². The van der Waals surface area contributed by atoms with E-state index in [0.717, 1.165) is 0 Å². The highest BCUT2D eigenvalue weighted by Crippen LogP contribution is 2.18. The summed E-state index contributed by atoms with van der Waals surface area (Å²) >= 11 is 1.32. The lowest BCUT2D eigenvalue weighted by Gasteiger charge is -2.06. The molecule has 0 aromatic carbocycles. The van der Waals surface area contributed by atoms with E-state index in [-0.39, 0.29) is 11.1 Å². The highest BCUT2D eigenvalue weighted by Gasteiger charge is 2.13. The number of tetrazole rings is 1. The predicted octanol–water partition coefficient (Wildman–Crippen LogP) is -0.563. The number of nitrogens with two attached hydrogens (primary N) is 1. The molecule has 1 atom stereocenters. The average Bonchev–Trinajstić information content (AvgIpc) is 2.50. The van der Waals surface area contributed by atoms with Crippen LogP contribution in [0.1, 0.15) is 6.92 Å². The van der Waals surface area contributed by atoms with Crippen LogP contribution >= 0.6 is 11.8 Å². The topological polar surface area (TPSA) is 102 Å². The molecule has 8 heteroatoms. The molecular formula is C5H10N6OS. The van der Waals surface area contributed by atoms with Gasteiger partial charge in [0.2, 0.25) is 5.16 Å². The molecule has 13 heavy (non-hydrogen) atoms. The Bertz CT molecular complexity index is 310. The Hall–Kier alpha value is -1.31. The Kier molecular flexibility index (Phi) is 3.07. The second-order valence-corrected chi connectivity index (χ2v) is 3.68. The molecule has 0 saturated heterocycles. The number of hydrogen-bond acceptors (Lipinski definition) is 6. The zero-order chi connectivity index (χ0) is 9.84. The lowest BCUT2D eigenvalue weighted by Crippen LogP contribution is -2.23. The first kappa shape index (κ1) is 9.78. The minimum absolute atomic E-state index is 0.146. The van der Waals surface area contributed by atoms with Gasteiger partial charge >= 0.3 is 0 Å². The van der Waals surface area contributed by atoms with Crippen molar-refractivity contribution in [2.45, 2.75) is 17.3 Å². The maximum atomic E-state index is 8.39. The van der Waals surface area contributed by atoms with Crippen LogP contribution in [0.4, 0.5) is 0 Å². The molecule has 0 radical (unpaired) electrons. The molecule has 0 bridgehead atoms. The molecule has 0 spiro atoms. The summed E-state index contributed by atoms with van der Waals surface area (Å²) in [4.78, 5) is 0. The third kappa shape index (κ3) is 2.31. The predicted molar refractivity (Wildman–Crippen MR) is 47.5 cm³/mol. The van der Waals surface area contributed by atoms with Gasteiger partial charge in [-0.05, 0) is 17.4 Å². The van der Waals surface area contributed by atoms with Gasteiger partial charge in [0, 0.05) is 7.05 Å². The number of aryl methyl sites for hydroxylation is 1. The van der Waals surface area contributed by atoms with Crippen LogP contribution in [0.3, 0.4) is 0 Å². The quantitative estimate of drug-likeness (QED) is 0.224. The summed E-state index contributed by atoms with van der Waals surface area (Å²) < 4.78 is 1.52. The molecule has 0 aliphatic heterocycles. The number of oxime groups is 1.